The van der Waals surface area contributed by atoms with Crippen molar-refractivity contribution in [2.75, 3.05) is 11.9 Å². The third-order valence-electron chi connectivity index (χ3n) is 2.86. The van der Waals surface area contributed by atoms with Gasteiger partial charge < -0.3 is 15.3 Å². The van der Waals surface area contributed by atoms with E-state index in [9.17, 15) is 14.0 Å². The van der Waals surface area contributed by atoms with Crippen LogP contribution in [-0.4, -0.2) is 34.6 Å². The fourth-order valence-corrected chi connectivity index (χ4v) is 1.68. The van der Waals surface area contributed by atoms with Gasteiger partial charge in [-0.05, 0) is 31.5 Å². The quantitative estimate of drug-likeness (QED) is 0.877. The molecule has 0 aromatic heterocycles. The minimum absolute atomic E-state index is 0.0488. The van der Waals surface area contributed by atoms with Gasteiger partial charge in [-0.2, -0.15) is 0 Å². The van der Waals surface area contributed by atoms with Crippen molar-refractivity contribution < 1.29 is 19.1 Å². The van der Waals surface area contributed by atoms with Gasteiger partial charge >= 0.3 is 12.0 Å². The van der Waals surface area contributed by atoms with Gasteiger partial charge in [-0.3, -0.25) is 4.79 Å². The summed E-state index contributed by atoms with van der Waals surface area (Å²) in [6.45, 7) is 3.16. The molecule has 0 fully saturated rings. The van der Waals surface area contributed by atoms with E-state index in [1.165, 1.54) is 17.0 Å². The first-order valence-electron chi connectivity index (χ1n) is 6.09. The molecule has 0 aliphatic carbocycles. The lowest BCUT2D eigenvalue weighted by Crippen LogP contribution is -2.44. The fourth-order valence-electron chi connectivity index (χ4n) is 1.56. The van der Waals surface area contributed by atoms with Crippen molar-refractivity contribution in [1.82, 2.24) is 4.90 Å². The number of nitrogens with zero attached hydrogens (tertiary/aromatic N) is 1. The van der Waals surface area contributed by atoms with Crippen molar-refractivity contribution in [3.63, 3.8) is 0 Å². The molecule has 110 valence electrons. The van der Waals surface area contributed by atoms with Crippen LogP contribution in [-0.2, 0) is 4.79 Å². The minimum atomic E-state index is -1.11. The van der Waals surface area contributed by atoms with E-state index in [0.29, 0.717) is 6.42 Å². The van der Waals surface area contributed by atoms with Crippen LogP contribution in [0.1, 0.15) is 20.3 Å². The molecule has 5 nitrogen and oxygen atoms in total. The predicted molar refractivity (Wildman–Crippen MR) is 74.5 cm³/mol. The van der Waals surface area contributed by atoms with E-state index < -0.39 is 24.4 Å². The molecule has 2 N–H and O–H groups in total. The molecule has 1 unspecified atom stereocenters. The number of carboxylic acids is 1. The number of urea groups is 1. The largest absolute Gasteiger partial charge is 0.480 e. The molecule has 0 spiro atoms. The zero-order valence-electron chi connectivity index (χ0n) is 11.2. The number of aliphatic carboxylic acids is 1. The standard InChI is InChI=1S/C13H16ClFN2O3/c1-3-8(2)17(7-12(18)19)13(20)16-9-4-5-10(14)11(15)6-9/h4-6,8H,3,7H2,1-2H3,(H,16,20)(H,18,19). The van der Waals surface area contributed by atoms with Crippen molar-refractivity contribution in [2.24, 2.45) is 0 Å². The SMILES string of the molecule is CCC(C)N(CC(=O)O)C(=O)Nc1ccc(Cl)c(F)c1. The summed E-state index contributed by atoms with van der Waals surface area (Å²) in [6.07, 6.45) is 0.607. The molecule has 0 saturated heterocycles. The summed E-state index contributed by atoms with van der Waals surface area (Å²) in [6, 6.07) is 3.00. The molecular formula is C13H16ClFN2O3. The van der Waals surface area contributed by atoms with Crippen molar-refractivity contribution in [3.8, 4) is 0 Å². The third kappa shape index (κ3) is 4.38. The summed E-state index contributed by atoms with van der Waals surface area (Å²) in [7, 11) is 0. The van der Waals surface area contributed by atoms with Crippen LogP contribution < -0.4 is 5.32 Å². The zero-order valence-corrected chi connectivity index (χ0v) is 11.9. The topological polar surface area (TPSA) is 69.6 Å². The van der Waals surface area contributed by atoms with Crippen LogP contribution in [0.2, 0.25) is 5.02 Å². The first kappa shape index (κ1) is 16.2. The molecule has 0 heterocycles. The molecule has 1 aromatic carbocycles. The summed E-state index contributed by atoms with van der Waals surface area (Å²) in [5.74, 6) is -1.76. The lowest BCUT2D eigenvalue weighted by atomic mass is 10.2. The van der Waals surface area contributed by atoms with Gasteiger partial charge in [0.2, 0.25) is 0 Å². The Balaban J connectivity index is 2.84. The Morgan fingerprint density at radius 3 is 2.65 bits per heavy atom. The molecule has 0 saturated carbocycles. The summed E-state index contributed by atoms with van der Waals surface area (Å²) in [5.41, 5.74) is 0.218. The fraction of sp³-hybridized carbons (Fsp3) is 0.385. The van der Waals surface area contributed by atoms with E-state index >= 15 is 0 Å². The molecule has 7 heteroatoms. The van der Waals surface area contributed by atoms with Gasteiger partial charge in [0.15, 0.2) is 0 Å². The summed E-state index contributed by atoms with van der Waals surface area (Å²) in [5, 5.41) is 11.2. The lowest BCUT2D eigenvalue weighted by molar-refractivity contribution is -0.138. The maximum absolute atomic E-state index is 13.3. The highest BCUT2D eigenvalue weighted by atomic mass is 35.5. The number of amides is 2. The van der Waals surface area contributed by atoms with E-state index in [1.807, 2.05) is 6.92 Å². The summed E-state index contributed by atoms with van der Waals surface area (Å²) in [4.78, 5) is 24.0. The molecule has 2 amide bonds. The van der Waals surface area contributed by atoms with Crippen LogP contribution in [0, 0.1) is 5.82 Å². The molecule has 1 rings (SSSR count). The van der Waals surface area contributed by atoms with Crippen LogP contribution in [0.3, 0.4) is 0 Å². The minimum Gasteiger partial charge on any atom is -0.480 e. The van der Waals surface area contributed by atoms with Gasteiger partial charge in [0.1, 0.15) is 12.4 Å². The predicted octanol–water partition coefficient (Wildman–Crippen LogP) is 3.20. The summed E-state index contributed by atoms with van der Waals surface area (Å²) < 4.78 is 13.3. The number of carbonyl (C=O) groups is 2. The highest BCUT2D eigenvalue weighted by Gasteiger charge is 2.21. The Bertz CT molecular complexity index is 510. The molecular weight excluding hydrogens is 287 g/mol. The Kier molecular flexibility index (Phi) is 5.76. The molecule has 0 aliphatic heterocycles. The van der Waals surface area contributed by atoms with Crippen LogP contribution in [0.4, 0.5) is 14.9 Å². The first-order valence-corrected chi connectivity index (χ1v) is 6.47. The highest BCUT2D eigenvalue weighted by Crippen LogP contribution is 2.19. The van der Waals surface area contributed by atoms with Crippen molar-refractivity contribution in [3.05, 3.63) is 29.0 Å². The number of hydrogen-bond acceptors (Lipinski definition) is 2. The van der Waals surface area contributed by atoms with E-state index in [2.05, 4.69) is 5.32 Å². The van der Waals surface area contributed by atoms with E-state index in [-0.39, 0.29) is 16.8 Å². The molecule has 1 aromatic rings. The number of benzene rings is 1. The first-order chi connectivity index (χ1) is 9.35. The normalized spacial score (nSPS) is 11.8. The monoisotopic (exact) mass is 302 g/mol. The lowest BCUT2D eigenvalue weighted by Gasteiger charge is -2.27. The molecule has 0 bridgehead atoms. The molecule has 0 radical (unpaired) electrons. The van der Waals surface area contributed by atoms with Gasteiger partial charge in [-0.25, -0.2) is 9.18 Å². The number of carbonyl (C=O) groups excluding carboxylic acids is 1. The Morgan fingerprint density at radius 2 is 2.15 bits per heavy atom. The van der Waals surface area contributed by atoms with E-state index in [1.54, 1.807) is 6.92 Å². The average Bonchev–Trinajstić information content (AvgIpc) is 2.39. The van der Waals surface area contributed by atoms with E-state index in [0.717, 1.165) is 6.07 Å². The van der Waals surface area contributed by atoms with Gasteiger partial charge in [0, 0.05) is 11.7 Å². The molecule has 20 heavy (non-hydrogen) atoms. The smallest absolute Gasteiger partial charge is 0.323 e. The van der Waals surface area contributed by atoms with Crippen LogP contribution in [0.25, 0.3) is 0 Å². The maximum Gasteiger partial charge on any atom is 0.323 e. The van der Waals surface area contributed by atoms with Crippen molar-refractivity contribution in [2.45, 2.75) is 26.3 Å². The second kappa shape index (κ2) is 7.09. The van der Waals surface area contributed by atoms with Crippen molar-refractivity contribution in [1.29, 1.82) is 0 Å². The van der Waals surface area contributed by atoms with Gasteiger partial charge in [0.05, 0.1) is 5.02 Å². The Morgan fingerprint density at radius 1 is 1.50 bits per heavy atom. The number of halogens is 2. The average molecular weight is 303 g/mol. The number of rotatable bonds is 5. The van der Waals surface area contributed by atoms with Gasteiger partial charge in [0.25, 0.3) is 0 Å². The Labute approximate surface area is 121 Å². The number of hydrogen-bond donors (Lipinski definition) is 2. The molecule has 1 atom stereocenters. The summed E-state index contributed by atoms with van der Waals surface area (Å²) >= 11 is 5.55. The Hall–Kier alpha value is -1.82. The second-order valence-electron chi connectivity index (χ2n) is 4.34. The van der Waals surface area contributed by atoms with Crippen LogP contribution in [0.15, 0.2) is 18.2 Å². The van der Waals surface area contributed by atoms with E-state index in [4.69, 9.17) is 16.7 Å². The zero-order chi connectivity index (χ0) is 15.3. The van der Waals surface area contributed by atoms with Crippen LogP contribution >= 0.6 is 11.6 Å². The van der Waals surface area contributed by atoms with Gasteiger partial charge in [-0.15, -0.1) is 0 Å². The van der Waals surface area contributed by atoms with Crippen molar-refractivity contribution >= 4 is 29.3 Å². The second-order valence-corrected chi connectivity index (χ2v) is 4.75. The maximum atomic E-state index is 13.3. The van der Waals surface area contributed by atoms with Gasteiger partial charge in [-0.1, -0.05) is 18.5 Å². The number of carboxylic acid groups (broad SMARTS) is 1. The highest BCUT2D eigenvalue weighted by molar-refractivity contribution is 6.30. The third-order valence-corrected chi connectivity index (χ3v) is 3.17. The molecule has 0 aliphatic rings. The number of nitrogens with one attached hydrogen (secondary N) is 1. The number of anilines is 1. The van der Waals surface area contributed by atoms with Crippen LogP contribution in [0.5, 0.6) is 0 Å².